The standard InChI is InChI=1S/C10H14N2O3S/c1-7-4-8(9(11)12-5-7)10(13)2-3-16(14,15)6-10/h4-5,13H,2-3,6H2,1H3,(H2,11,12). The maximum atomic E-state index is 11.4. The van der Waals surface area contributed by atoms with Crippen molar-refractivity contribution >= 4 is 15.7 Å². The van der Waals surface area contributed by atoms with Crippen molar-refractivity contribution in [2.75, 3.05) is 17.2 Å². The van der Waals surface area contributed by atoms with E-state index in [1.165, 1.54) is 0 Å². The zero-order chi connectivity index (χ0) is 12.0. The lowest BCUT2D eigenvalue weighted by Crippen LogP contribution is -2.28. The molecule has 0 aromatic carbocycles. The zero-order valence-corrected chi connectivity index (χ0v) is 9.79. The van der Waals surface area contributed by atoms with Gasteiger partial charge in [0.15, 0.2) is 9.84 Å². The number of aryl methyl sites for hydroxylation is 1. The minimum atomic E-state index is -3.17. The number of aromatic nitrogens is 1. The second-order valence-electron chi connectivity index (χ2n) is 4.32. The number of pyridine rings is 1. The summed E-state index contributed by atoms with van der Waals surface area (Å²) in [6.45, 7) is 1.82. The predicted octanol–water partition coefficient (Wildman–Crippen LogP) is -0.0217. The lowest BCUT2D eigenvalue weighted by molar-refractivity contribution is 0.0657. The molecule has 16 heavy (non-hydrogen) atoms. The topological polar surface area (TPSA) is 93.3 Å². The van der Waals surface area contributed by atoms with Crippen molar-refractivity contribution in [2.45, 2.75) is 18.9 Å². The number of aliphatic hydroxyl groups is 1. The summed E-state index contributed by atoms with van der Waals surface area (Å²) in [4.78, 5) is 3.94. The Kier molecular flexibility index (Phi) is 2.43. The molecule has 3 N–H and O–H groups in total. The monoisotopic (exact) mass is 242 g/mol. The van der Waals surface area contributed by atoms with Crippen LogP contribution in [0, 0.1) is 6.92 Å². The molecule has 1 aromatic heterocycles. The predicted molar refractivity (Wildman–Crippen MR) is 60.6 cm³/mol. The van der Waals surface area contributed by atoms with Gasteiger partial charge >= 0.3 is 0 Å². The molecule has 1 aliphatic heterocycles. The van der Waals surface area contributed by atoms with E-state index >= 15 is 0 Å². The maximum Gasteiger partial charge on any atom is 0.153 e. The van der Waals surface area contributed by atoms with Gasteiger partial charge in [0, 0.05) is 11.8 Å². The van der Waals surface area contributed by atoms with Gasteiger partial charge in [0.2, 0.25) is 0 Å². The van der Waals surface area contributed by atoms with Crippen molar-refractivity contribution in [1.82, 2.24) is 4.98 Å². The first kappa shape index (κ1) is 11.3. The first-order valence-corrected chi connectivity index (χ1v) is 6.80. The molecule has 0 spiro atoms. The van der Waals surface area contributed by atoms with E-state index in [1.807, 2.05) is 6.92 Å². The van der Waals surface area contributed by atoms with Gasteiger partial charge in [-0.05, 0) is 25.0 Å². The Bertz CT molecular complexity index is 527. The van der Waals surface area contributed by atoms with Crippen molar-refractivity contribution in [3.05, 3.63) is 23.4 Å². The molecule has 2 heterocycles. The van der Waals surface area contributed by atoms with Gasteiger partial charge < -0.3 is 10.8 Å². The number of anilines is 1. The first-order valence-electron chi connectivity index (χ1n) is 4.98. The van der Waals surface area contributed by atoms with Gasteiger partial charge in [-0.15, -0.1) is 0 Å². The second kappa shape index (κ2) is 3.43. The van der Waals surface area contributed by atoms with Crippen LogP contribution in [0.2, 0.25) is 0 Å². The minimum Gasteiger partial charge on any atom is -0.384 e. The number of nitrogens with two attached hydrogens (primary N) is 1. The van der Waals surface area contributed by atoms with Crippen LogP contribution >= 0.6 is 0 Å². The Morgan fingerprint density at radius 3 is 2.81 bits per heavy atom. The van der Waals surface area contributed by atoms with Crippen molar-refractivity contribution in [1.29, 1.82) is 0 Å². The van der Waals surface area contributed by atoms with Crippen LogP contribution in [-0.4, -0.2) is 30.0 Å². The van der Waals surface area contributed by atoms with Crippen LogP contribution in [0.3, 0.4) is 0 Å². The molecule has 0 amide bonds. The van der Waals surface area contributed by atoms with Gasteiger partial charge in [0.1, 0.15) is 11.4 Å². The zero-order valence-electron chi connectivity index (χ0n) is 8.97. The van der Waals surface area contributed by atoms with Crippen LogP contribution in [0.15, 0.2) is 12.3 Å². The van der Waals surface area contributed by atoms with Crippen LogP contribution < -0.4 is 5.73 Å². The van der Waals surface area contributed by atoms with Gasteiger partial charge in [-0.25, -0.2) is 13.4 Å². The Hall–Kier alpha value is -1.14. The van der Waals surface area contributed by atoms with E-state index in [1.54, 1.807) is 12.3 Å². The molecule has 1 aliphatic rings. The Labute approximate surface area is 94.2 Å². The molecular weight excluding hydrogens is 228 g/mol. The number of hydrogen-bond donors (Lipinski definition) is 2. The largest absolute Gasteiger partial charge is 0.384 e. The van der Waals surface area contributed by atoms with E-state index < -0.39 is 15.4 Å². The number of hydrogen-bond acceptors (Lipinski definition) is 5. The van der Waals surface area contributed by atoms with Crippen LogP contribution in [0.4, 0.5) is 5.82 Å². The average Bonchev–Trinajstić information content (AvgIpc) is 2.46. The molecule has 2 rings (SSSR count). The van der Waals surface area contributed by atoms with E-state index in [-0.39, 0.29) is 23.7 Å². The second-order valence-corrected chi connectivity index (χ2v) is 6.50. The molecule has 1 unspecified atom stereocenters. The van der Waals surface area contributed by atoms with Crippen molar-refractivity contribution in [3.63, 3.8) is 0 Å². The summed E-state index contributed by atoms with van der Waals surface area (Å²) in [7, 11) is -3.17. The molecule has 6 heteroatoms. The summed E-state index contributed by atoms with van der Waals surface area (Å²) in [6.07, 6.45) is 1.77. The molecule has 1 atom stereocenters. The van der Waals surface area contributed by atoms with Crippen LogP contribution in [0.1, 0.15) is 17.5 Å². The average molecular weight is 242 g/mol. The quantitative estimate of drug-likeness (QED) is 0.721. The van der Waals surface area contributed by atoms with Crippen LogP contribution in [-0.2, 0) is 15.4 Å². The van der Waals surface area contributed by atoms with E-state index in [2.05, 4.69) is 4.98 Å². The highest BCUT2D eigenvalue weighted by Crippen LogP contribution is 2.36. The van der Waals surface area contributed by atoms with E-state index in [0.29, 0.717) is 5.56 Å². The first-order chi connectivity index (χ1) is 7.32. The number of sulfone groups is 1. The number of nitrogen functional groups attached to an aromatic ring is 1. The van der Waals surface area contributed by atoms with Gasteiger partial charge in [-0.3, -0.25) is 0 Å². The van der Waals surface area contributed by atoms with Crippen LogP contribution in [0.25, 0.3) is 0 Å². The Balaban J connectivity index is 2.49. The van der Waals surface area contributed by atoms with Gasteiger partial charge in [-0.1, -0.05) is 0 Å². The molecule has 1 fully saturated rings. The van der Waals surface area contributed by atoms with Gasteiger partial charge in [-0.2, -0.15) is 0 Å². The smallest absolute Gasteiger partial charge is 0.153 e. The summed E-state index contributed by atoms with van der Waals surface area (Å²) in [5.74, 6) is -0.0724. The molecule has 0 aliphatic carbocycles. The summed E-state index contributed by atoms with van der Waals surface area (Å²) < 4.78 is 22.8. The third-order valence-electron chi connectivity index (χ3n) is 2.84. The molecule has 88 valence electrons. The fourth-order valence-corrected chi connectivity index (χ4v) is 3.82. The normalized spacial score (nSPS) is 28.1. The minimum absolute atomic E-state index is 0.00309. The third-order valence-corrected chi connectivity index (χ3v) is 4.59. The lowest BCUT2D eigenvalue weighted by atomic mass is 9.93. The van der Waals surface area contributed by atoms with E-state index in [4.69, 9.17) is 5.73 Å². The Morgan fingerprint density at radius 2 is 2.25 bits per heavy atom. The summed E-state index contributed by atoms with van der Waals surface area (Å²) >= 11 is 0. The summed E-state index contributed by atoms with van der Waals surface area (Å²) in [5, 5.41) is 10.3. The highest BCUT2D eigenvalue weighted by molar-refractivity contribution is 7.91. The number of rotatable bonds is 1. The molecule has 1 saturated heterocycles. The highest BCUT2D eigenvalue weighted by atomic mass is 32.2. The van der Waals surface area contributed by atoms with E-state index in [0.717, 1.165) is 5.56 Å². The van der Waals surface area contributed by atoms with Crippen molar-refractivity contribution < 1.29 is 13.5 Å². The van der Waals surface area contributed by atoms with Gasteiger partial charge in [0.05, 0.1) is 11.5 Å². The fourth-order valence-electron chi connectivity index (χ4n) is 2.00. The Morgan fingerprint density at radius 1 is 1.56 bits per heavy atom. The summed E-state index contributed by atoms with van der Waals surface area (Å²) in [6, 6.07) is 1.70. The number of nitrogens with zero attached hydrogens (tertiary/aromatic N) is 1. The molecule has 1 aromatic rings. The summed E-state index contributed by atoms with van der Waals surface area (Å²) in [5.41, 5.74) is 5.58. The third kappa shape index (κ3) is 1.90. The molecular formula is C10H14N2O3S. The lowest BCUT2D eigenvalue weighted by Gasteiger charge is -2.22. The van der Waals surface area contributed by atoms with Crippen LogP contribution in [0.5, 0.6) is 0 Å². The van der Waals surface area contributed by atoms with Gasteiger partial charge in [0.25, 0.3) is 0 Å². The maximum absolute atomic E-state index is 11.4. The molecule has 0 radical (unpaired) electrons. The highest BCUT2D eigenvalue weighted by Gasteiger charge is 2.43. The molecule has 0 bridgehead atoms. The molecule has 0 saturated carbocycles. The van der Waals surface area contributed by atoms with E-state index in [9.17, 15) is 13.5 Å². The van der Waals surface area contributed by atoms with Crippen molar-refractivity contribution in [3.8, 4) is 0 Å². The SMILES string of the molecule is Cc1cnc(N)c(C2(O)CCS(=O)(=O)C2)c1. The van der Waals surface area contributed by atoms with Crippen molar-refractivity contribution in [2.24, 2.45) is 0 Å². The molecule has 5 nitrogen and oxygen atoms in total. The fraction of sp³-hybridized carbons (Fsp3) is 0.500.